The Morgan fingerprint density at radius 2 is 1.67 bits per heavy atom. The Morgan fingerprint density at radius 1 is 1.00 bits per heavy atom. The van der Waals surface area contributed by atoms with Crippen molar-refractivity contribution in [2.45, 2.75) is 6.92 Å². The summed E-state index contributed by atoms with van der Waals surface area (Å²) in [6.07, 6.45) is 0. The molecule has 0 radical (unpaired) electrons. The standard InChI is InChI=1S/C17H16N2O2/c1-12-16(13-8-10-15(20)11-9-13)17(21-2)19(18-12)14-6-4-3-5-7-14/h3-11,20H,1-2H3. The Hall–Kier alpha value is -2.75. The van der Waals surface area contributed by atoms with Gasteiger partial charge in [-0.1, -0.05) is 30.3 Å². The maximum Gasteiger partial charge on any atom is 0.224 e. The van der Waals surface area contributed by atoms with E-state index in [0.29, 0.717) is 5.88 Å². The molecule has 21 heavy (non-hydrogen) atoms. The number of phenols is 1. The summed E-state index contributed by atoms with van der Waals surface area (Å²) in [7, 11) is 1.64. The molecular weight excluding hydrogens is 264 g/mol. The van der Waals surface area contributed by atoms with Gasteiger partial charge in [-0.15, -0.1) is 0 Å². The van der Waals surface area contributed by atoms with Gasteiger partial charge < -0.3 is 9.84 Å². The van der Waals surface area contributed by atoms with Crippen molar-refractivity contribution in [3.63, 3.8) is 0 Å². The summed E-state index contributed by atoms with van der Waals surface area (Å²) < 4.78 is 7.36. The van der Waals surface area contributed by atoms with Gasteiger partial charge in [-0.25, -0.2) is 4.68 Å². The van der Waals surface area contributed by atoms with Crippen LogP contribution in [0.5, 0.6) is 11.6 Å². The number of hydrogen-bond acceptors (Lipinski definition) is 3. The van der Waals surface area contributed by atoms with Crippen LogP contribution in [0.25, 0.3) is 16.8 Å². The number of aromatic hydroxyl groups is 1. The lowest BCUT2D eigenvalue weighted by Gasteiger charge is -2.08. The van der Waals surface area contributed by atoms with Gasteiger partial charge in [-0.05, 0) is 36.8 Å². The van der Waals surface area contributed by atoms with Gasteiger partial charge in [0.1, 0.15) is 5.75 Å². The number of para-hydroxylation sites is 1. The molecule has 106 valence electrons. The molecule has 0 amide bonds. The van der Waals surface area contributed by atoms with Crippen LogP contribution >= 0.6 is 0 Å². The number of phenolic OH excluding ortho intramolecular Hbond substituents is 1. The summed E-state index contributed by atoms with van der Waals surface area (Å²) in [6, 6.07) is 16.9. The molecule has 1 N–H and O–H groups in total. The Morgan fingerprint density at radius 3 is 2.29 bits per heavy atom. The fourth-order valence-electron chi connectivity index (χ4n) is 2.40. The SMILES string of the molecule is COc1c(-c2ccc(O)cc2)c(C)nn1-c1ccccc1. The molecular formula is C17H16N2O2. The number of nitrogens with zero attached hydrogens (tertiary/aromatic N) is 2. The lowest BCUT2D eigenvalue weighted by molar-refractivity contribution is 0.385. The molecule has 0 bridgehead atoms. The van der Waals surface area contributed by atoms with E-state index in [-0.39, 0.29) is 5.75 Å². The highest BCUT2D eigenvalue weighted by Gasteiger charge is 2.18. The van der Waals surface area contributed by atoms with Crippen LogP contribution in [0.3, 0.4) is 0 Å². The van der Waals surface area contributed by atoms with E-state index in [2.05, 4.69) is 5.10 Å². The van der Waals surface area contributed by atoms with Gasteiger partial charge >= 0.3 is 0 Å². The predicted octanol–water partition coefficient (Wildman–Crippen LogP) is 3.56. The van der Waals surface area contributed by atoms with Crippen LogP contribution in [0.1, 0.15) is 5.69 Å². The molecule has 4 nitrogen and oxygen atoms in total. The van der Waals surface area contributed by atoms with Gasteiger partial charge in [0.05, 0.1) is 24.1 Å². The summed E-state index contributed by atoms with van der Waals surface area (Å²) in [6.45, 7) is 1.95. The van der Waals surface area contributed by atoms with Crippen molar-refractivity contribution in [2.24, 2.45) is 0 Å². The predicted molar refractivity (Wildman–Crippen MR) is 82.0 cm³/mol. The molecule has 2 aromatic carbocycles. The van der Waals surface area contributed by atoms with Gasteiger partial charge in [-0.2, -0.15) is 5.10 Å². The van der Waals surface area contributed by atoms with Crippen LogP contribution in [0, 0.1) is 6.92 Å². The van der Waals surface area contributed by atoms with Gasteiger partial charge in [0.15, 0.2) is 0 Å². The second-order valence-corrected chi connectivity index (χ2v) is 4.76. The molecule has 3 rings (SSSR count). The first-order valence-corrected chi connectivity index (χ1v) is 6.69. The number of ether oxygens (including phenoxy) is 1. The first-order chi connectivity index (χ1) is 10.2. The maximum atomic E-state index is 9.43. The molecule has 0 aliphatic carbocycles. The molecule has 3 aromatic rings. The molecule has 4 heteroatoms. The number of aromatic nitrogens is 2. The molecule has 0 unspecified atom stereocenters. The van der Waals surface area contributed by atoms with Crippen molar-refractivity contribution >= 4 is 0 Å². The van der Waals surface area contributed by atoms with Crippen molar-refractivity contribution in [3.8, 4) is 28.4 Å². The summed E-state index contributed by atoms with van der Waals surface area (Å²) >= 11 is 0. The van der Waals surface area contributed by atoms with E-state index in [1.807, 2.05) is 49.4 Å². The van der Waals surface area contributed by atoms with E-state index in [0.717, 1.165) is 22.5 Å². The van der Waals surface area contributed by atoms with Crippen molar-refractivity contribution in [3.05, 3.63) is 60.3 Å². The van der Waals surface area contributed by atoms with Crippen LogP contribution in [0.4, 0.5) is 0 Å². The summed E-state index contributed by atoms with van der Waals surface area (Å²) in [5.74, 6) is 0.926. The average molecular weight is 280 g/mol. The fraction of sp³-hybridized carbons (Fsp3) is 0.118. The van der Waals surface area contributed by atoms with Gasteiger partial charge in [0.2, 0.25) is 5.88 Å². The Kier molecular flexibility index (Phi) is 3.36. The van der Waals surface area contributed by atoms with Crippen LogP contribution in [0.2, 0.25) is 0 Å². The highest BCUT2D eigenvalue weighted by atomic mass is 16.5. The zero-order chi connectivity index (χ0) is 14.8. The second kappa shape index (κ2) is 5.32. The zero-order valence-corrected chi connectivity index (χ0v) is 11.9. The summed E-state index contributed by atoms with van der Waals surface area (Å²) in [5, 5.41) is 14.0. The molecule has 0 aliphatic rings. The second-order valence-electron chi connectivity index (χ2n) is 4.76. The van der Waals surface area contributed by atoms with E-state index in [4.69, 9.17) is 4.74 Å². The van der Waals surface area contributed by atoms with Gasteiger partial charge in [-0.3, -0.25) is 0 Å². The summed E-state index contributed by atoms with van der Waals surface area (Å²) in [4.78, 5) is 0. The zero-order valence-electron chi connectivity index (χ0n) is 11.9. The third-order valence-electron chi connectivity index (χ3n) is 3.37. The third kappa shape index (κ3) is 2.36. The quantitative estimate of drug-likeness (QED) is 0.798. The topological polar surface area (TPSA) is 47.3 Å². The van der Waals surface area contributed by atoms with Crippen LogP contribution in [-0.4, -0.2) is 22.0 Å². The number of hydrogen-bond donors (Lipinski definition) is 1. The first kappa shape index (κ1) is 13.2. The third-order valence-corrected chi connectivity index (χ3v) is 3.37. The smallest absolute Gasteiger partial charge is 0.224 e. The molecule has 0 aliphatic heterocycles. The highest BCUT2D eigenvalue weighted by molar-refractivity contribution is 5.72. The minimum atomic E-state index is 0.242. The van der Waals surface area contributed by atoms with Crippen molar-refractivity contribution in [1.82, 2.24) is 9.78 Å². The minimum Gasteiger partial charge on any atom is -0.508 e. The van der Waals surface area contributed by atoms with Crippen LogP contribution in [-0.2, 0) is 0 Å². The molecule has 0 atom stereocenters. The van der Waals surface area contributed by atoms with Gasteiger partial charge in [0, 0.05) is 0 Å². The largest absolute Gasteiger partial charge is 0.508 e. The van der Waals surface area contributed by atoms with Crippen molar-refractivity contribution < 1.29 is 9.84 Å². The van der Waals surface area contributed by atoms with E-state index < -0.39 is 0 Å². The average Bonchev–Trinajstić information content (AvgIpc) is 2.85. The lowest BCUT2D eigenvalue weighted by atomic mass is 10.1. The van der Waals surface area contributed by atoms with E-state index in [9.17, 15) is 5.11 Å². The Balaban J connectivity index is 2.18. The number of benzene rings is 2. The number of rotatable bonds is 3. The highest BCUT2D eigenvalue weighted by Crippen LogP contribution is 2.35. The van der Waals surface area contributed by atoms with Crippen molar-refractivity contribution in [2.75, 3.05) is 7.11 Å². The number of methoxy groups -OCH3 is 1. The fourth-order valence-corrected chi connectivity index (χ4v) is 2.40. The van der Waals surface area contributed by atoms with Crippen LogP contribution < -0.4 is 4.74 Å². The van der Waals surface area contributed by atoms with E-state index in [1.54, 1.807) is 23.9 Å². The normalized spacial score (nSPS) is 10.6. The van der Waals surface area contributed by atoms with E-state index >= 15 is 0 Å². The maximum absolute atomic E-state index is 9.43. The molecule has 0 saturated carbocycles. The van der Waals surface area contributed by atoms with E-state index in [1.165, 1.54) is 0 Å². The Labute approximate surface area is 123 Å². The monoisotopic (exact) mass is 280 g/mol. The van der Waals surface area contributed by atoms with Gasteiger partial charge in [0.25, 0.3) is 0 Å². The Bertz CT molecular complexity index is 746. The summed E-state index contributed by atoms with van der Waals surface area (Å²) in [5.41, 5.74) is 3.72. The minimum absolute atomic E-state index is 0.242. The molecule has 0 spiro atoms. The van der Waals surface area contributed by atoms with Crippen molar-refractivity contribution in [1.29, 1.82) is 0 Å². The lowest BCUT2D eigenvalue weighted by Crippen LogP contribution is -1.99. The molecule has 1 aromatic heterocycles. The first-order valence-electron chi connectivity index (χ1n) is 6.69. The number of aryl methyl sites for hydroxylation is 1. The molecule has 0 saturated heterocycles. The molecule has 1 heterocycles. The van der Waals surface area contributed by atoms with Crippen LogP contribution in [0.15, 0.2) is 54.6 Å². The molecule has 0 fully saturated rings.